The van der Waals surface area contributed by atoms with Crippen LogP contribution >= 0.6 is 39.1 Å². The van der Waals surface area contributed by atoms with E-state index in [9.17, 15) is 9.18 Å². The molecule has 21 heavy (non-hydrogen) atoms. The SMILES string of the molecule is O=C(CNc1ccc(F)cc1Br)Nc1c(Cl)cccc1Cl. The zero-order valence-electron chi connectivity index (χ0n) is 10.6. The molecule has 2 rings (SSSR count). The molecular formula is C14H10BrCl2FN2O. The molecule has 2 aromatic carbocycles. The Labute approximate surface area is 139 Å². The molecule has 0 saturated heterocycles. The fourth-order valence-electron chi connectivity index (χ4n) is 1.61. The van der Waals surface area contributed by atoms with E-state index in [2.05, 4.69) is 26.6 Å². The largest absolute Gasteiger partial charge is 0.375 e. The number of rotatable bonds is 4. The molecule has 0 radical (unpaired) electrons. The van der Waals surface area contributed by atoms with Crippen LogP contribution in [-0.2, 0) is 4.79 Å². The van der Waals surface area contributed by atoms with Gasteiger partial charge in [0.2, 0.25) is 5.91 Å². The van der Waals surface area contributed by atoms with Gasteiger partial charge in [0.1, 0.15) is 5.82 Å². The Hall–Kier alpha value is -1.30. The Kier molecular flexibility index (Phi) is 5.45. The summed E-state index contributed by atoms with van der Waals surface area (Å²) < 4.78 is 13.5. The van der Waals surface area contributed by atoms with Crippen molar-refractivity contribution in [3.63, 3.8) is 0 Å². The second-order valence-corrected chi connectivity index (χ2v) is 5.79. The number of halogens is 4. The van der Waals surface area contributed by atoms with Crippen LogP contribution in [0, 0.1) is 5.82 Å². The highest BCUT2D eigenvalue weighted by Gasteiger charge is 2.10. The van der Waals surface area contributed by atoms with Gasteiger partial charge in [-0.3, -0.25) is 4.79 Å². The van der Waals surface area contributed by atoms with Crippen LogP contribution in [-0.4, -0.2) is 12.5 Å². The monoisotopic (exact) mass is 390 g/mol. The standard InChI is InChI=1S/C14H10BrCl2FN2O/c15-9-6-8(18)4-5-12(9)19-7-13(21)20-14-10(16)2-1-3-11(14)17/h1-6,19H,7H2,(H,20,21). The molecule has 0 heterocycles. The zero-order chi connectivity index (χ0) is 15.4. The third kappa shape index (κ3) is 4.33. The zero-order valence-corrected chi connectivity index (χ0v) is 13.7. The first-order valence-corrected chi connectivity index (χ1v) is 7.45. The second kappa shape index (κ2) is 7.11. The van der Waals surface area contributed by atoms with Crippen molar-refractivity contribution in [2.75, 3.05) is 17.2 Å². The molecular weight excluding hydrogens is 382 g/mol. The van der Waals surface area contributed by atoms with Gasteiger partial charge < -0.3 is 10.6 Å². The van der Waals surface area contributed by atoms with Gasteiger partial charge in [0, 0.05) is 10.2 Å². The number of carbonyl (C=O) groups excluding carboxylic acids is 1. The lowest BCUT2D eigenvalue weighted by Gasteiger charge is -2.11. The highest BCUT2D eigenvalue weighted by Crippen LogP contribution is 2.29. The van der Waals surface area contributed by atoms with E-state index in [1.54, 1.807) is 18.2 Å². The molecule has 0 fully saturated rings. The first-order valence-electron chi connectivity index (χ1n) is 5.90. The lowest BCUT2D eigenvalue weighted by molar-refractivity contribution is -0.114. The maximum Gasteiger partial charge on any atom is 0.243 e. The summed E-state index contributed by atoms with van der Waals surface area (Å²) in [5, 5.41) is 6.23. The van der Waals surface area contributed by atoms with Crippen molar-refractivity contribution >= 4 is 56.4 Å². The Balaban J connectivity index is 1.99. The molecule has 2 aromatic rings. The van der Waals surface area contributed by atoms with Gasteiger partial charge >= 0.3 is 0 Å². The minimum absolute atomic E-state index is 0.00815. The third-order valence-corrected chi connectivity index (χ3v) is 3.88. The Bertz CT molecular complexity index is 662. The van der Waals surface area contributed by atoms with Gasteiger partial charge in [-0.05, 0) is 46.3 Å². The smallest absolute Gasteiger partial charge is 0.243 e. The maximum atomic E-state index is 13.0. The number of amides is 1. The number of nitrogens with one attached hydrogen (secondary N) is 2. The highest BCUT2D eigenvalue weighted by atomic mass is 79.9. The van der Waals surface area contributed by atoms with Crippen molar-refractivity contribution in [2.45, 2.75) is 0 Å². The summed E-state index contributed by atoms with van der Waals surface area (Å²) in [6, 6.07) is 9.10. The topological polar surface area (TPSA) is 41.1 Å². The van der Waals surface area contributed by atoms with E-state index in [0.29, 0.717) is 25.9 Å². The second-order valence-electron chi connectivity index (χ2n) is 4.12. The van der Waals surface area contributed by atoms with Crippen LogP contribution in [0.25, 0.3) is 0 Å². The minimum Gasteiger partial charge on any atom is -0.375 e. The van der Waals surface area contributed by atoms with Crippen molar-refractivity contribution in [1.29, 1.82) is 0 Å². The maximum absolute atomic E-state index is 13.0. The summed E-state index contributed by atoms with van der Waals surface area (Å²) in [6.45, 7) is -0.00815. The van der Waals surface area contributed by atoms with Crippen molar-refractivity contribution in [1.82, 2.24) is 0 Å². The van der Waals surface area contributed by atoms with E-state index in [1.165, 1.54) is 18.2 Å². The lowest BCUT2D eigenvalue weighted by Crippen LogP contribution is -2.22. The summed E-state index contributed by atoms with van der Waals surface area (Å²) in [4.78, 5) is 11.9. The van der Waals surface area contributed by atoms with E-state index in [-0.39, 0.29) is 18.3 Å². The third-order valence-electron chi connectivity index (χ3n) is 2.60. The molecule has 110 valence electrons. The quantitative estimate of drug-likeness (QED) is 0.774. The summed E-state index contributed by atoms with van der Waals surface area (Å²) in [7, 11) is 0. The van der Waals surface area contributed by atoms with Crippen molar-refractivity contribution < 1.29 is 9.18 Å². The first kappa shape index (κ1) is 16.1. The van der Waals surface area contributed by atoms with Crippen molar-refractivity contribution in [2.24, 2.45) is 0 Å². The Morgan fingerprint density at radius 1 is 1.19 bits per heavy atom. The van der Waals surface area contributed by atoms with E-state index in [0.717, 1.165) is 0 Å². The summed E-state index contributed by atoms with van der Waals surface area (Å²) in [6.07, 6.45) is 0. The predicted molar refractivity (Wildman–Crippen MR) is 87.7 cm³/mol. The lowest BCUT2D eigenvalue weighted by atomic mass is 10.3. The van der Waals surface area contributed by atoms with Gasteiger partial charge in [-0.1, -0.05) is 29.3 Å². The van der Waals surface area contributed by atoms with Gasteiger partial charge in [-0.2, -0.15) is 0 Å². The van der Waals surface area contributed by atoms with E-state index < -0.39 is 0 Å². The first-order chi connectivity index (χ1) is 9.97. The molecule has 0 aliphatic heterocycles. The summed E-state index contributed by atoms with van der Waals surface area (Å²) in [5.74, 6) is -0.680. The molecule has 0 unspecified atom stereocenters. The van der Waals surface area contributed by atoms with Crippen LogP contribution in [0.4, 0.5) is 15.8 Å². The Morgan fingerprint density at radius 3 is 2.48 bits per heavy atom. The molecule has 0 bridgehead atoms. The molecule has 0 aromatic heterocycles. The molecule has 1 amide bonds. The van der Waals surface area contributed by atoms with Crippen LogP contribution in [0.1, 0.15) is 0 Å². The highest BCUT2D eigenvalue weighted by molar-refractivity contribution is 9.10. The van der Waals surface area contributed by atoms with Gasteiger partial charge in [-0.25, -0.2) is 4.39 Å². The Morgan fingerprint density at radius 2 is 1.86 bits per heavy atom. The minimum atomic E-state index is -0.361. The molecule has 2 N–H and O–H groups in total. The average molecular weight is 392 g/mol. The van der Waals surface area contributed by atoms with Crippen molar-refractivity contribution in [3.05, 3.63) is 56.7 Å². The number of hydrogen-bond acceptors (Lipinski definition) is 2. The van der Waals surface area contributed by atoms with Gasteiger partial charge in [-0.15, -0.1) is 0 Å². The van der Waals surface area contributed by atoms with Crippen molar-refractivity contribution in [3.8, 4) is 0 Å². The number of hydrogen-bond donors (Lipinski definition) is 2. The normalized spacial score (nSPS) is 10.3. The molecule has 0 atom stereocenters. The van der Waals surface area contributed by atoms with E-state index in [1.807, 2.05) is 0 Å². The predicted octanol–water partition coefficient (Wildman–Crippen LogP) is 4.95. The van der Waals surface area contributed by atoms with E-state index in [4.69, 9.17) is 23.2 Å². The fourth-order valence-corrected chi connectivity index (χ4v) is 2.59. The number of benzene rings is 2. The van der Waals surface area contributed by atoms with E-state index >= 15 is 0 Å². The van der Waals surface area contributed by atoms with Gasteiger partial charge in [0.25, 0.3) is 0 Å². The van der Waals surface area contributed by atoms with Crippen LogP contribution < -0.4 is 10.6 Å². The van der Waals surface area contributed by atoms with Gasteiger partial charge in [0.15, 0.2) is 0 Å². The number of anilines is 2. The molecule has 7 heteroatoms. The number of para-hydroxylation sites is 1. The molecule has 0 saturated carbocycles. The fraction of sp³-hybridized carbons (Fsp3) is 0.0714. The molecule has 0 spiro atoms. The summed E-state index contributed by atoms with van der Waals surface area (Å²) >= 11 is 15.1. The van der Waals surface area contributed by atoms with Crippen LogP contribution in [0.2, 0.25) is 10.0 Å². The van der Waals surface area contributed by atoms with Gasteiger partial charge in [0.05, 0.1) is 22.3 Å². The van der Waals surface area contributed by atoms with Crippen LogP contribution in [0.15, 0.2) is 40.9 Å². The van der Waals surface area contributed by atoms with Crippen LogP contribution in [0.5, 0.6) is 0 Å². The number of carbonyl (C=O) groups is 1. The van der Waals surface area contributed by atoms with Crippen LogP contribution in [0.3, 0.4) is 0 Å². The molecule has 3 nitrogen and oxygen atoms in total. The molecule has 0 aliphatic rings. The average Bonchev–Trinajstić information content (AvgIpc) is 2.42. The molecule has 0 aliphatic carbocycles. The summed E-state index contributed by atoms with van der Waals surface area (Å²) in [5.41, 5.74) is 0.975.